The minimum Gasteiger partial charge on any atom is -0.497 e. The molecule has 0 unspecified atom stereocenters. The van der Waals surface area contributed by atoms with Gasteiger partial charge in [0.1, 0.15) is 5.75 Å². The maximum Gasteiger partial charge on any atom is 0.256 e. The van der Waals surface area contributed by atoms with Crippen LogP contribution in [0, 0.1) is 6.92 Å². The minimum atomic E-state index is 0.0883. The fraction of sp³-hybridized carbons (Fsp3) is 0.400. The molecule has 0 bridgehead atoms. The summed E-state index contributed by atoms with van der Waals surface area (Å²) < 4.78 is 5.30. The molecule has 0 saturated carbocycles. The minimum absolute atomic E-state index is 0.0883. The van der Waals surface area contributed by atoms with Crippen molar-refractivity contribution in [2.75, 3.05) is 33.3 Å². The topological polar surface area (TPSA) is 57.4 Å². The molecular formula is C15H19N3O2. The first kappa shape index (κ1) is 13.0. The number of carbonyl (C=O) groups is 1. The Morgan fingerprint density at radius 1 is 1.30 bits per heavy atom. The third-order valence-electron chi connectivity index (χ3n) is 3.83. The Morgan fingerprint density at radius 2 is 2.05 bits per heavy atom. The summed E-state index contributed by atoms with van der Waals surface area (Å²) in [6, 6.07) is 3.90. The van der Waals surface area contributed by atoms with Crippen molar-refractivity contribution in [1.82, 2.24) is 15.2 Å². The zero-order valence-electron chi connectivity index (χ0n) is 11.8. The van der Waals surface area contributed by atoms with Crippen LogP contribution < -0.4 is 10.1 Å². The van der Waals surface area contributed by atoms with Gasteiger partial charge in [-0.2, -0.15) is 0 Å². The maximum atomic E-state index is 12.6. The highest BCUT2D eigenvalue weighted by Gasteiger charge is 2.21. The van der Waals surface area contributed by atoms with Crippen molar-refractivity contribution in [2.45, 2.75) is 6.92 Å². The average molecular weight is 273 g/mol. The number of aromatic amines is 1. The number of hydrogen-bond acceptors (Lipinski definition) is 3. The van der Waals surface area contributed by atoms with Crippen molar-refractivity contribution in [1.29, 1.82) is 0 Å². The van der Waals surface area contributed by atoms with E-state index in [9.17, 15) is 4.79 Å². The van der Waals surface area contributed by atoms with Gasteiger partial charge in [0.15, 0.2) is 0 Å². The Morgan fingerprint density at radius 3 is 2.75 bits per heavy atom. The van der Waals surface area contributed by atoms with Gasteiger partial charge in [0.05, 0.1) is 12.7 Å². The number of nitrogens with zero attached hydrogens (tertiary/aromatic N) is 1. The number of hydrogen-bond donors (Lipinski definition) is 2. The molecule has 1 saturated heterocycles. The number of carbonyl (C=O) groups excluding carboxylic acids is 1. The summed E-state index contributed by atoms with van der Waals surface area (Å²) in [5.74, 6) is 0.870. The van der Waals surface area contributed by atoms with E-state index in [4.69, 9.17) is 4.74 Å². The predicted molar refractivity (Wildman–Crippen MR) is 78.4 cm³/mol. The summed E-state index contributed by atoms with van der Waals surface area (Å²) in [6.45, 7) is 5.25. The van der Waals surface area contributed by atoms with E-state index in [0.29, 0.717) is 0 Å². The maximum absolute atomic E-state index is 12.6. The molecule has 2 heterocycles. The van der Waals surface area contributed by atoms with E-state index in [1.54, 1.807) is 7.11 Å². The zero-order valence-corrected chi connectivity index (χ0v) is 11.8. The Bertz CT molecular complexity index is 642. The van der Waals surface area contributed by atoms with Crippen LogP contribution in [0.5, 0.6) is 5.75 Å². The highest BCUT2D eigenvalue weighted by atomic mass is 16.5. The number of fused-ring (bicyclic) bond motifs is 1. The lowest BCUT2D eigenvalue weighted by atomic mass is 10.1. The summed E-state index contributed by atoms with van der Waals surface area (Å²) in [5, 5.41) is 4.19. The zero-order chi connectivity index (χ0) is 14.1. The standard InChI is InChI=1S/C15H19N3O2/c1-10-7-11(20-2)8-12-13(9-17-14(10)12)15(19)18-5-3-16-4-6-18/h7-9,16-17H,3-6H2,1-2H3. The van der Waals surface area contributed by atoms with Crippen LogP contribution in [0.25, 0.3) is 10.9 Å². The van der Waals surface area contributed by atoms with Gasteiger partial charge in [0.25, 0.3) is 5.91 Å². The van der Waals surface area contributed by atoms with Crippen LogP contribution in [0.3, 0.4) is 0 Å². The molecule has 1 amide bonds. The molecule has 2 N–H and O–H groups in total. The van der Waals surface area contributed by atoms with Gasteiger partial charge in [0.2, 0.25) is 0 Å². The fourth-order valence-electron chi connectivity index (χ4n) is 2.71. The van der Waals surface area contributed by atoms with Crippen LogP contribution in [0.4, 0.5) is 0 Å². The molecule has 0 radical (unpaired) electrons. The largest absolute Gasteiger partial charge is 0.497 e. The van der Waals surface area contributed by atoms with Crippen LogP contribution in [-0.4, -0.2) is 49.1 Å². The van der Waals surface area contributed by atoms with Crippen molar-refractivity contribution in [3.8, 4) is 5.75 Å². The second-order valence-corrected chi connectivity index (χ2v) is 5.11. The number of aromatic nitrogens is 1. The normalized spacial score (nSPS) is 15.6. The Kier molecular flexibility index (Phi) is 3.36. The van der Waals surface area contributed by atoms with Gasteiger partial charge < -0.3 is 19.9 Å². The molecule has 106 valence electrons. The molecule has 1 aliphatic rings. The molecule has 3 rings (SSSR count). The molecule has 0 aliphatic carbocycles. The molecule has 1 fully saturated rings. The van der Waals surface area contributed by atoms with Crippen LogP contribution in [0.2, 0.25) is 0 Å². The number of ether oxygens (including phenoxy) is 1. The lowest BCUT2D eigenvalue weighted by molar-refractivity contribution is 0.0738. The first-order chi connectivity index (χ1) is 9.70. The lowest BCUT2D eigenvalue weighted by Gasteiger charge is -2.27. The summed E-state index contributed by atoms with van der Waals surface area (Å²) in [5.41, 5.74) is 2.81. The van der Waals surface area contributed by atoms with Gasteiger partial charge >= 0.3 is 0 Å². The second-order valence-electron chi connectivity index (χ2n) is 5.11. The van der Waals surface area contributed by atoms with E-state index in [1.165, 1.54) is 0 Å². The second kappa shape index (κ2) is 5.17. The Labute approximate surface area is 117 Å². The summed E-state index contributed by atoms with van der Waals surface area (Å²) >= 11 is 0. The Balaban J connectivity index is 2.02. The third-order valence-corrected chi connectivity index (χ3v) is 3.83. The lowest BCUT2D eigenvalue weighted by Crippen LogP contribution is -2.46. The molecule has 0 spiro atoms. The van der Waals surface area contributed by atoms with E-state index in [1.807, 2.05) is 30.2 Å². The fourth-order valence-corrected chi connectivity index (χ4v) is 2.71. The number of rotatable bonds is 2. The van der Waals surface area contributed by atoms with E-state index < -0.39 is 0 Å². The number of benzene rings is 1. The number of H-pyrrole nitrogens is 1. The molecule has 20 heavy (non-hydrogen) atoms. The van der Waals surface area contributed by atoms with E-state index in [2.05, 4.69) is 10.3 Å². The number of nitrogens with one attached hydrogen (secondary N) is 2. The summed E-state index contributed by atoms with van der Waals surface area (Å²) in [4.78, 5) is 17.7. The molecule has 5 nitrogen and oxygen atoms in total. The van der Waals surface area contributed by atoms with Crippen molar-refractivity contribution >= 4 is 16.8 Å². The van der Waals surface area contributed by atoms with Crippen LogP contribution in [-0.2, 0) is 0 Å². The van der Waals surface area contributed by atoms with Crippen LogP contribution in [0.1, 0.15) is 15.9 Å². The first-order valence-corrected chi connectivity index (χ1v) is 6.86. The average Bonchev–Trinajstić information content (AvgIpc) is 2.91. The smallest absolute Gasteiger partial charge is 0.256 e. The van der Waals surface area contributed by atoms with Gasteiger partial charge in [-0.25, -0.2) is 0 Å². The van der Waals surface area contributed by atoms with E-state index in [-0.39, 0.29) is 5.91 Å². The Hall–Kier alpha value is -2.01. The van der Waals surface area contributed by atoms with Gasteiger partial charge in [-0.3, -0.25) is 4.79 Å². The van der Waals surface area contributed by atoms with Crippen molar-refractivity contribution in [3.05, 3.63) is 29.5 Å². The molecular weight excluding hydrogens is 254 g/mol. The summed E-state index contributed by atoms with van der Waals surface area (Å²) in [6.07, 6.45) is 1.81. The van der Waals surface area contributed by atoms with Gasteiger partial charge in [0, 0.05) is 43.3 Å². The monoisotopic (exact) mass is 273 g/mol. The van der Waals surface area contributed by atoms with Crippen molar-refractivity contribution in [3.63, 3.8) is 0 Å². The molecule has 1 aliphatic heterocycles. The van der Waals surface area contributed by atoms with E-state index >= 15 is 0 Å². The number of amides is 1. The first-order valence-electron chi connectivity index (χ1n) is 6.86. The molecule has 0 atom stereocenters. The van der Waals surface area contributed by atoms with Gasteiger partial charge in [-0.05, 0) is 24.6 Å². The summed E-state index contributed by atoms with van der Waals surface area (Å²) in [7, 11) is 1.64. The highest BCUT2D eigenvalue weighted by molar-refractivity contribution is 6.07. The third kappa shape index (κ3) is 2.14. The van der Waals surface area contributed by atoms with Gasteiger partial charge in [-0.1, -0.05) is 0 Å². The quantitative estimate of drug-likeness (QED) is 0.872. The van der Waals surface area contributed by atoms with Crippen LogP contribution in [0.15, 0.2) is 18.3 Å². The highest BCUT2D eigenvalue weighted by Crippen LogP contribution is 2.27. The SMILES string of the molecule is COc1cc(C)c2[nH]cc(C(=O)N3CCNCC3)c2c1. The van der Waals surface area contributed by atoms with Crippen LogP contribution >= 0.6 is 0 Å². The molecule has 1 aromatic heterocycles. The number of piperazine rings is 1. The van der Waals surface area contributed by atoms with Crippen molar-refractivity contribution in [2.24, 2.45) is 0 Å². The predicted octanol–water partition coefficient (Wildman–Crippen LogP) is 1.53. The number of methoxy groups -OCH3 is 1. The van der Waals surface area contributed by atoms with Gasteiger partial charge in [-0.15, -0.1) is 0 Å². The molecule has 2 aromatic rings. The van der Waals surface area contributed by atoms with E-state index in [0.717, 1.165) is 54.0 Å². The molecule has 1 aromatic carbocycles. The number of aryl methyl sites for hydroxylation is 1. The molecule has 5 heteroatoms. The van der Waals surface area contributed by atoms with Crippen molar-refractivity contribution < 1.29 is 9.53 Å².